The third-order valence-corrected chi connectivity index (χ3v) is 5.01. The van der Waals surface area contributed by atoms with Gasteiger partial charge in [-0.05, 0) is 18.1 Å². The van der Waals surface area contributed by atoms with Crippen LogP contribution in [0.15, 0.2) is 24.3 Å². The first kappa shape index (κ1) is 18.3. The van der Waals surface area contributed by atoms with Gasteiger partial charge in [0.2, 0.25) is 16.9 Å². The minimum Gasteiger partial charge on any atom is -0.495 e. The van der Waals surface area contributed by atoms with Gasteiger partial charge in [0.05, 0.1) is 18.7 Å². The van der Waals surface area contributed by atoms with Crippen molar-refractivity contribution in [2.75, 3.05) is 23.9 Å². The lowest BCUT2D eigenvalue weighted by atomic mass is 10.1. The Morgan fingerprint density at radius 2 is 2.15 bits per heavy atom. The molecule has 8 heteroatoms. The lowest BCUT2D eigenvalue weighted by Crippen LogP contribution is -2.28. The summed E-state index contributed by atoms with van der Waals surface area (Å²) < 4.78 is 5.32. The van der Waals surface area contributed by atoms with Gasteiger partial charge in [-0.15, -0.1) is 10.2 Å². The largest absolute Gasteiger partial charge is 0.495 e. The molecule has 1 aromatic heterocycles. The van der Waals surface area contributed by atoms with Crippen LogP contribution in [0.3, 0.4) is 0 Å². The van der Waals surface area contributed by atoms with E-state index >= 15 is 0 Å². The molecule has 0 bridgehead atoms. The number of carbonyl (C=O) groups excluding carboxylic acids is 2. The van der Waals surface area contributed by atoms with E-state index in [0.717, 1.165) is 11.4 Å². The molecule has 7 nitrogen and oxygen atoms in total. The van der Waals surface area contributed by atoms with Crippen LogP contribution in [-0.2, 0) is 16.0 Å². The standard InChI is InChI=1S/C18H22N4O3S/c1-11(2)8-15-20-21-18(26-15)19-17(24)12-9-16(23)22(10-12)13-6-4-5-7-14(13)25-3/h4-7,11-12H,8-10H2,1-3H3,(H,19,21,24)/t12-/m0/s1. The van der Waals surface area contributed by atoms with Crippen molar-refractivity contribution >= 4 is 34.0 Å². The van der Waals surface area contributed by atoms with Crippen LogP contribution < -0.4 is 15.0 Å². The number of para-hydroxylation sites is 2. The molecule has 3 rings (SSSR count). The average molecular weight is 374 g/mol. The maximum Gasteiger partial charge on any atom is 0.231 e. The minimum absolute atomic E-state index is 0.0904. The molecule has 1 atom stereocenters. The number of carbonyl (C=O) groups is 2. The molecule has 2 amide bonds. The Bertz CT molecular complexity index is 805. The van der Waals surface area contributed by atoms with E-state index in [1.807, 2.05) is 18.2 Å². The van der Waals surface area contributed by atoms with Gasteiger partial charge >= 0.3 is 0 Å². The molecule has 2 aromatic rings. The highest BCUT2D eigenvalue weighted by Gasteiger charge is 2.36. The number of methoxy groups -OCH3 is 1. The molecule has 0 spiro atoms. The summed E-state index contributed by atoms with van der Waals surface area (Å²) in [6, 6.07) is 7.31. The molecule has 1 fully saturated rings. The fourth-order valence-corrected chi connectivity index (χ4v) is 3.87. The highest BCUT2D eigenvalue weighted by Crippen LogP contribution is 2.33. The number of anilines is 2. The van der Waals surface area contributed by atoms with Gasteiger partial charge in [0.15, 0.2) is 0 Å². The Kier molecular flexibility index (Phi) is 5.51. The van der Waals surface area contributed by atoms with Crippen molar-refractivity contribution in [3.05, 3.63) is 29.3 Å². The number of ether oxygens (including phenoxy) is 1. The van der Waals surface area contributed by atoms with E-state index in [9.17, 15) is 9.59 Å². The maximum atomic E-state index is 12.5. The third-order valence-electron chi connectivity index (χ3n) is 4.15. The van der Waals surface area contributed by atoms with Crippen LogP contribution in [0.2, 0.25) is 0 Å². The van der Waals surface area contributed by atoms with E-state index in [1.165, 1.54) is 11.3 Å². The molecule has 1 saturated heterocycles. The zero-order valence-corrected chi connectivity index (χ0v) is 15.9. The summed E-state index contributed by atoms with van der Waals surface area (Å²) in [7, 11) is 1.56. The topological polar surface area (TPSA) is 84.4 Å². The van der Waals surface area contributed by atoms with Crippen LogP contribution in [0.5, 0.6) is 5.75 Å². The van der Waals surface area contributed by atoms with Gasteiger partial charge < -0.3 is 15.0 Å². The fourth-order valence-electron chi connectivity index (χ4n) is 2.91. The van der Waals surface area contributed by atoms with Crippen molar-refractivity contribution < 1.29 is 14.3 Å². The van der Waals surface area contributed by atoms with Gasteiger partial charge in [0.25, 0.3) is 0 Å². The molecule has 1 aromatic carbocycles. The highest BCUT2D eigenvalue weighted by molar-refractivity contribution is 7.15. The minimum atomic E-state index is -0.426. The second-order valence-corrected chi connectivity index (χ2v) is 7.73. The van der Waals surface area contributed by atoms with E-state index in [0.29, 0.717) is 29.0 Å². The normalized spacial score (nSPS) is 17.0. The Hall–Kier alpha value is -2.48. The molecule has 0 aliphatic carbocycles. The zero-order valence-electron chi connectivity index (χ0n) is 15.1. The second-order valence-electron chi connectivity index (χ2n) is 6.67. The van der Waals surface area contributed by atoms with Gasteiger partial charge in [-0.1, -0.05) is 37.3 Å². The van der Waals surface area contributed by atoms with E-state index < -0.39 is 5.92 Å². The molecule has 2 heterocycles. The third kappa shape index (κ3) is 4.01. The molecule has 138 valence electrons. The number of hydrogen-bond acceptors (Lipinski definition) is 6. The molecule has 0 radical (unpaired) electrons. The second kappa shape index (κ2) is 7.82. The first-order valence-electron chi connectivity index (χ1n) is 8.54. The predicted octanol–water partition coefficient (Wildman–Crippen LogP) is 2.74. The van der Waals surface area contributed by atoms with Gasteiger partial charge in [0, 0.05) is 19.4 Å². The van der Waals surface area contributed by atoms with Gasteiger partial charge in [-0.2, -0.15) is 0 Å². The Morgan fingerprint density at radius 3 is 2.88 bits per heavy atom. The number of aromatic nitrogens is 2. The average Bonchev–Trinajstić information content (AvgIpc) is 3.20. The lowest BCUT2D eigenvalue weighted by Gasteiger charge is -2.19. The van der Waals surface area contributed by atoms with E-state index in [1.54, 1.807) is 18.1 Å². The molecule has 26 heavy (non-hydrogen) atoms. The first-order chi connectivity index (χ1) is 12.5. The molecule has 0 unspecified atom stereocenters. The van der Waals surface area contributed by atoms with Gasteiger partial charge in [-0.25, -0.2) is 0 Å². The Labute approximate surface area is 156 Å². The molecule has 0 saturated carbocycles. The van der Waals surface area contributed by atoms with Crippen LogP contribution in [-0.4, -0.2) is 35.7 Å². The smallest absolute Gasteiger partial charge is 0.231 e. The van der Waals surface area contributed by atoms with Crippen LogP contribution in [0.25, 0.3) is 0 Å². The number of nitrogens with zero attached hydrogens (tertiary/aromatic N) is 3. The Morgan fingerprint density at radius 1 is 1.38 bits per heavy atom. The van der Waals surface area contributed by atoms with Crippen molar-refractivity contribution in [3.63, 3.8) is 0 Å². The lowest BCUT2D eigenvalue weighted by molar-refractivity contribution is -0.122. The first-order valence-corrected chi connectivity index (χ1v) is 9.36. The van der Waals surface area contributed by atoms with Crippen LogP contribution in [0.4, 0.5) is 10.8 Å². The molecule has 1 aliphatic rings. The number of amides is 2. The van der Waals surface area contributed by atoms with E-state index in [2.05, 4.69) is 29.4 Å². The van der Waals surface area contributed by atoms with Crippen molar-refractivity contribution in [1.29, 1.82) is 0 Å². The van der Waals surface area contributed by atoms with Crippen molar-refractivity contribution in [1.82, 2.24) is 10.2 Å². The number of benzene rings is 1. The van der Waals surface area contributed by atoms with Gasteiger partial charge in [-0.3, -0.25) is 9.59 Å². The summed E-state index contributed by atoms with van der Waals surface area (Å²) in [4.78, 5) is 26.5. The summed E-state index contributed by atoms with van der Waals surface area (Å²) in [6.45, 7) is 4.54. The van der Waals surface area contributed by atoms with Crippen molar-refractivity contribution in [2.24, 2.45) is 11.8 Å². The monoisotopic (exact) mass is 374 g/mol. The summed E-state index contributed by atoms with van der Waals surface area (Å²) in [6.07, 6.45) is 0.999. The van der Waals surface area contributed by atoms with Crippen LogP contribution >= 0.6 is 11.3 Å². The zero-order chi connectivity index (χ0) is 18.7. The van der Waals surface area contributed by atoms with Crippen molar-refractivity contribution in [2.45, 2.75) is 26.7 Å². The maximum absolute atomic E-state index is 12.5. The Balaban J connectivity index is 1.66. The number of hydrogen-bond donors (Lipinski definition) is 1. The summed E-state index contributed by atoms with van der Waals surface area (Å²) in [5.74, 6) is 0.373. The van der Waals surface area contributed by atoms with Gasteiger partial charge in [0.1, 0.15) is 10.8 Å². The summed E-state index contributed by atoms with van der Waals surface area (Å²) in [5, 5.41) is 12.3. The molecular weight excluding hydrogens is 352 g/mol. The van der Waals surface area contributed by atoms with Crippen molar-refractivity contribution in [3.8, 4) is 5.75 Å². The number of rotatable bonds is 6. The van der Waals surface area contributed by atoms with Crippen LogP contribution in [0.1, 0.15) is 25.3 Å². The summed E-state index contributed by atoms with van der Waals surface area (Å²) >= 11 is 1.38. The fraction of sp³-hybridized carbons (Fsp3) is 0.444. The SMILES string of the molecule is COc1ccccc1N1C[C@@H](C(=O)Nc2nnc(CC(C)C)s2)CC1=O. The van der Waals surface area contributed by atoms with Crippen LogP contribution in [0, 0.1) is 11.8 Å². The highest BCUT2D eigenvalue weighted by atomic mass is 32.1. The summed E-state index contributed by atoms with van der Waals surface area (Å²) in [5.41, 5.74) is 0.686. The quantitative estimate of drug-likeness (QED) is 0.840. The molecule has 1 aliphatic heterocycles. The molecular formula is C18H22N4O3S. The number of nitrogens with one attached hydrogen (secondary N) is 1. The molecule has 1 N–H and O–H groups in total. The van der Waals surface area contributed by atoms with E-state index in [-0.39, 0.29) is 18.2 Å². The predicted molar refractivity (Wildman–Crippen MR) is 101 cm³/mol. The van der Waals surface area contributed by atoms with E-state index in [4.69, 9.17) is 4.74 Å².